The van der Waals surface area contributed by atoms with Gasteiger partial charge < -0.3 is 10.1 Å². The molecule has 1 aromatic heterocycles. The van der Waals surface area contributed by atoms with Crippen LogP contribution in [-0.4, -0.2) is 22.7 Å². The molecular formula is C13H14BrN3O2S. The minimum atomic E-state index is -0.105. The van der Waals surface area contributed by atoms with Gasteiger partial charge in [-0.3, -0.25) is 4.79 Å². The van der Waals surface area contributed by atoms with Crippen LogP contribution in [0.1, 0.15) is 17.5 Å². The van der Waals surface area contributed by atoms with E-state index in [1.165, 1.54) is 11.3 Å². The number of aromatic nitrogens is 2. The summed E-state index contributed by atoms with van der Waals surface area (Å²) in [7, 11) is 0. The fourth-order valence-corrected chi connectivity index (χ4v) is 2.46. The van der Waals surface area contributed by atoms with Crippen molar-refractivity contribution < 1.29 is 9.53 Å². The molecule has 106 valence electrons. The van der Waals surface area contributed by atoms with Gasteiger partial charge in [-0.15, -0.1) is 10.2 Å². The monoisotopic (exact) mass is 355 g/mol. The van der Waals surface area contributed by atoms with Crippen molar-refractivity contribution in [3.05, 3.63) is 39.3 Å². The van der Waals surface area contributed by atoms with E-state index >= 15 is 0 Å². The highest BCUT2D eigenvalue weighted by Gasteiger charge is 2.09. The second kappa shape index (κ2) is 7.47. The number of ether oxygens (including phenoxy) is 1. The molecule has 1 N–H and O–H groups in total. The van der Waals surface area contributed by atoms with E-state index < -0.39 is 0 Å². The highest BCUT2D eigenvalue weighted by Crippen LogP contribution is 2.17. The van der Waals surface area contributed by atoms with E-state index in [1.54, 1.807) is 0 Å². The van der Waals surface area contributed by atoms with Crippen LogP contribution in [0.4, 0.5) is 5.13 Å². The Balaban J connectivity index is 1.87. The number of carbonyl (C=O) groups is 1. The summed E-state index contributed by atoms with van der Waals surface area (Å²) < 4.78 is 6.23. The number of carbonyl (C=O) groups excluding carboxylic acids is 1. The molecule has 0 saturated carbocycles. The van der Waals surface area contributed by atoms with E-state index in [0.717, 1.165) is 15.0 Å². The second-order valence-electron chi connectivity index (χ2n) is 3.99. The maximum atomic E-state index is 11.9. The first-order chi connectivity index (χ1) is 9.67. The zero-order valence-electron chi connectivity index (χ0n) is 10.9. The Morgan fingerprint density at radius 3 is 2.80 bits per heavy atom. The molecular weight excluding hydrogens is 342 g/mol. The Morgan fingerprint density at radius 2 is 2.10 bits per heavy atom. The minimum absolute atomic E-state index is 0.105. The molecule has 0 bridgehead atoms. The molecule has 0 aliphatic heterocycles. The fourth-order valence-electron chi connectivity index (χ4n) is 1.50. The zero-order chi connectivity index (χ0) is 14.4. The molecule has 1 heterocycles. The first-order valence-electron chi connectivity index (χ1n) is 6.12. The van der Waals surface area contributed by atoms with Crippen molar-refractivity contribution >= 4 is 38.3 Å². The van der Waals surface area contributed by atoms with Crippen LogP contribution in [-0.2, 0) is 22.6 Å². The Bertz CT molecular complexity index is 571. The zero-order valence-corrected chi connectivity index (χ0v) is 13.3. The minimum Gasteiger partial charge on any atom is -0.374 e. The van der Waals surface area contributed by atoms with Crippen LogP contribution < -0.4 is 5.32 Å². The van der Waals surface area contributed by atoms with Crippen LogP contribution in [0.3, 0.4) is 0 Å². The predicted octanol–water partition coefficient (Wildman–Crippen LogP) is 3.02. The summed E-state index contributed by atoms with van der Waals surface area (Å²) in [5, 5.41) is 11.9. The van der Waals surface area contributed by atoms with E-state index in [2.05, 4.69) is 31.4 Å². The highest BCUT2D eigenvalue weighted by molar-refractivity contribution is 9.10. The number of hydrogen-bond acceptors (Lipinski definition) is 5. The number of nitrogens with zero attached hydrogens (tertiary/aromatic N) is 2. The maximum absolute atomic E-state index is 11.9. The lowest BCUT2D eigenvalue weighted by Crippen LogP contribution is -2.14. The average molecular weight is 356 g/mol. The van der Waals surface area contributed by atoms with Gasteiger partial charge in [-0.05, 0) is 24.6 Å². The van der Waals surface area contributed by atoms with Crippen LogP contribution in [0, 0.1) is 0 Å². The van der Waals surface area contributed by atoms with Gasteiger partial charge in [0.05, 0.1) is 6.42 Å². The molecule has 0 aliphatic carbocycles. The number of anilines is 1. The van der Waals surface area contributed by atoms with Crippen molar-refractivity contribution in [2.75, 3.05) is 11.9 Å². The Morgan fingerprint density at radius 1 is 1.35 bits per heavy atom. The number of halogens is 1. The van der Waals surface area contributed by atoms with E-state index in [9.17, 15) is 4.79 Å². The summed E-state index contributed by atoms with van der Waals surface area (Å²) in [4.78, 5) is 11.9. The molecule has 20 heavy (non-hydrogen) atoms. The number of amides is 1. The Labute approximate surface area is 129 Å². The van der Waals surface area contributed by atoms with E-state index in [1.807, 2.05) is 31.2 Å². The third kappa shape index (κ3) is 4.66. The van der Waals surface area contributed by atoms with Crippen molar-refractivity contribution in [2.45, 2.75) is 20.0 Å². The predicted molar refractivity (Wildman–Crippen MR) is 81.7 cm³/mol. The third-order valence-corrected chi connectivity index (χ3v) is 3.76. The molecule has 2 rings (SSSR count). The van der Waals surface area contributed by atoms with Gasteiger partial charge in [0.1, 0.15) is 11.6 Å². The smallest absolute Gasteiger partial charge is 0.230 e. The molecule has 0 aliphatic rings. The molecule has 2 aromatic rings. The van der Waals surface area contributed by atoms with Gasteiger partial charge in [-0.25, -0.2) is 0 Å². The Hall–Kier alpha value is -1.31. The largest absolute Gasteiger partial charge is 0.374 e. The summed E-state index contributed by atoms with van der Waals surface area (Å²) in [6.45, 7) is 2.98. The summed E-state index contributed by atoms with van der Waals surface area (Å²) in [5.74, 6) is -0.105. The van der Waals surface area contributed by atoms with Crippen molar-refractivity contribution in [3.8, 4) is 0 Å². The number of nitrogens with one attached hydrogen (secondary N) is 1. The van der Waals surface area contributed by atoms with Gasteiger partial charge in [-0.1, -0.05) is 39.4 Å². The van der Waals surface area contributed by atoms with Crippen molar-refractivity contribution in [2.24, 2.45) is 0 Å². The first kappa shape index (κ1) is 15.1. The van der Waals surface area contributed by atoms with E-state index in [0.29, 0.717) is 24.8 Å². The summed E-state index contributed by atoms with van der Waals surface area (Å²) in [5.41, 5.74) is 0.949. The highest BCUT2D eigenvalue weighted by atomic mass is 79.9. The number of benzene rings is 1. The quantitative estimate of drug-likeness (QED) is 0.864. The topological polar surface area (TPSA) is 64.1 Å². The van der Waals surface area contributed by atoms with Gasteiger partial charge in [0, 0.05) is 11.1 Å². The Kier molecular flexibility index (Phi) is 5.63. The SMILES string of the molecule is CCOCc1nnc(NC(=O)Cc2ccc(Br)cc2)s1. The fraction of sp³-hybridized carbons (Fsp3) is 0.308. The normalized spacial score (nSPS) is 10.5. The van der Waals surface area contributed by atoms with Crippen LogP contribution in [0.5, 0.6) is 0 Å². The molecule has 0 atom stereocenters. The summed E-state index contributed by atoms with van der Waals surface area (Å²) >= 11 is 4.69. The summed E-state index contributed by atoms with van der Waals surface area (Å²) in [6.07, 6.45) is 0.313. The van der Waals surface area contributed by atoms with Crippen LogP contribution >= 0.6 is 27.3 Å². The van der Waals surface area contributed by atoms with Gasteiger partial charge in [0.15, 0.2) is 0 Å². The van der Waals surface area contributed by atoms with Gasteiger partial charge in [0.2, 0.25) is 11.0 Å². The van der Waals surface area contributed by atoms with Gasteiger partial charge >= 0.3 is 0 Å². The molecule has 0 radical (unpaired) electrons. The number of rotatable bonds is 6. The molecule has 0 unspecified atom stereocenters. The van der Waals surface area contributed by atoms with Crippen LogP contribution in [0.25, 0.3) is 0 Å². The summed E-state index contributed by atoms with van der Waals surface area (Å²) in [6, 6.07) is 7.63. The van der Waals surface area contributed by atoms with Gasteiger partial charge in [-0.2, -0.15) is 0 Å². The molecule has 0 saturated heterocycles. The average Bonchev–Trinajstić information content (AvgIpc) is 2.86. The van der Waals surface area contributed by atoms with Gasteiger partial charge in [0.25, 0.3) is 0 Å². The lowest BCUT2D eigenvalue weighted by molar-refractivity contribution is -0.115. The molecule has 7 heteroatoms. The first-order valence-corrected chi connectivity index (χ1v) is 7.72. The molecule has 1 amide bonds. The third-order valence-electron chi connectivity index (χ3n) is 2.42. The standard InChI is InChI=1S/C13H14BrN3O2S/c1-2-19-8-12-16-17-13(20-12)15-11(18)7-9-3-5-10(14)6-4-9/h3-6H,2,7-8H2,1H3,(H,15,17,18). The van der Waals surface area contributed by atoms with Crippen LogP contribution in [0.15, 0.2) is 28.7 Å². The molecule has 0 spiro atoms. The second-order valence-corrected chi connectivity index (χ2v) is 5.97. The van der Waals surface area contributed by atoms with Crippen LogP contribution in [0.2, 0.25) is 0 Å². The number of hydrogen-bond donors (Lipinski definition) is 1. The van der Waals surface area contributed by atoms with Crippen molar-refractivity contribution in [3.63, 3.8) is 0 Å². The lowest BCUT2D eigenvalue weighted by Gasteiger charge is -2.01. The maximum Gasteiger partial charge on any atom is 0.230 e. The molecule has 0 fully saturated rings. The van der Waals surface area contributed by atoms with E-state index in [4.69, 9.17) is 4.74 Å². The van der Waals surface area contributed by atoms with Crippen molar-refractivity contribution in [1.82, 2.24) is 10.2 Å². The molecule has 1 aromatic carbocycles. The van der Waals surface area contributed by atoms with Crippen molar-refractivity contribution in [1.29, 1.82) is 0 Å². The molecule has 5 nitrogen and oxygen atoms in total. The lowest BCUT2D eigenvalue weighted by atomic mass is 10.1. The van der Waals surface area contributed by atoms with E-state index in [-0.39, 0.29) is 5.91 Å².